The summed E-state index contributed by atoms with van der Waals surface area (Å²) in [6.07, 6.45) is 1.97. The van der Waals surface area contributed by atoms with Gasteiger partial charge < -0.3 is 15.4 Å². The number of para-hydroxylation sites is 2. The summed E-state index contributed by atoms with van der Waals surface area (Å²) in [5, 5.41) is 7.06. The minimum absolute atomic E-state index is 0.657. The van der Waals surface area contributed by atoms with Crippen molar-refractivity contribution in [1.82, 2.24) is 5.32 Å². The summed E-state index contributed by atoms with van der Waals surface area (Å²) in [6, 6.07) is 18.1. The number of anilines is 1. The number of rotatable bonds is 7. The van der Waals surface area contributed by atoms with E-state index in [1.54, 1.807) is 0 Å². The van der Waals surface area contributed by atoms with Crippen LogP contribution in [0.5, 0.6) is 5.75 Å². The first-order chi connectivity index (χ1) is 10.8. The lowest BCUT2D eigenvalue weighted by Crippen LogP contribution is -2.29. The summed E-state index contributed by atoms with van der Waals surface area (Å²) < 4.78 is 5.64. The van der Waals surface area contributed by atoms with Gasteiger partial charge in [-0.15, -0.1) is 0 Å². The Balaban J connectivity index is 1.72. The van der Waals surface area contributed by atoms with E-state index < -0.39 is 0 Å². The predicted octanol–water partition coefficient (Wildman–Crippen LogP) is 4.00. The molecule has 0 radical (unpaired) electrons. The molecule has 0 aliphatic heterocycles. The second-order valence-electron chi connectivity index (χ2n) is 4.89. The van der Waals surface area contributed by atoms with Gasteiger partial charge in [-0.05, 0) is 55.7 Å². The molecular formula is C18H22N2OS. The predicted molar refractivity (Wildman–Crippen MR) is 96.6 cm³/mol. The molecular weight excluding hydrogens is 292 g/mol. The monoisotopic (exact) mass is 314 g/mol. The van der Waals surface area contributed by atoms with Crippen LogP contribution >= 0.6 is 12.2 Å². The third-order valence-electron chi connectivity index (χ3n) is 3.21. The Kier molecular flexibility index (Phi) is 6.71. The number of nitrogens with one attached hydrogen (secondary N) is 2. The number of ether oxygens (including phenoxy) is 1. The molecule has 0 aromatic heterocycles. The van der Waals surface area contributed by atoms with Gasteiger partial charge in [-0.1, -0.05) is 36.4 Å². The van der Waals surface area contributed by atoms with E-state index in [1.165, 1.54) is 5.56 Å². The molecule has 2 aromatic carbocycles. The summed E-state index contributed by atoms with van der Waals surface area (Å²) in [7, 11) is 0. The van der Waals surface area contributed by atoms with E-state index in [4.69, 9.17) is 17.0 Å². The highest BCUT2D eigenvalue weighted by atomic mass is 32.1. The lowest BCUT2D eigenvalue weighted by molar-refractivity contribution is 0.336. The molecule has 0 atom stereocenters. The zero-order valence-corrected chi connectivity index (χ0v) is 13.7. The van der Waals surface area contributed by atoms with E-state index in [-0.39, 0.29) is 0 Å². The Bertz CT molecular complexity index is 587. The average Bonchev–Trinajstić information content (AvgIpc) is 2.54. The largest absolute Gasteiger partial charge is 0.494 e. The number of hydrogen-bond donors (Lipinski definition) is 2. The van der Waals surface area contributed by atoms with Gasteiger partial charge in [-0.3, -0.25) is 0 Å². The van der Waals surface area contributed by atoms with Crippen LogP contribution in [0.2, 0.25) is 0 Å². The molecule has 0 amide bonds. The molecule has 0 fully saturated rings. The minimum Gasteiger partial charge on any atom is -0.494 e. The van der Waals surface area contributed by atoms with E-state index in [9.17, 15) is 0 Å². The zero-order valence-electron chi connectivity index (χ0n) is 12.8. The van der Waals surface area contributed by atoms with Crippen LogP contribution in [0.25, 0.3) is 0 Å². The van der Waals surface area contributed by atoms with Gasteiger partial charge in [0.1, 0.15) is 5.75 Å². The minimum atomic E-state index is 0.657. The van der Waals surface area contributed by atoms with E-state index in [0.717, 1.165) is 30.8 Å². The van der Waals surface area contributed by atoms with Crippen LogP contribution in [0, 0.1) is 0 Å². The van der Waals surface area contributed by atoms with Crippen LogP contribution in [0.4, 0.5) is 5.69 Å². The van der Waals surface area contributed by atoms with Crippen molar-refractivity contribution >= 4 is 23.0 Å². The van der Waals surface area contributed by atoms with Gasteiger partial charge in [0, 0.05) is 12.2 Å². The van der Waals surface area contributed by atoms with E-state index in [2.05, 4.69) is 16.7 Å². The second kappa shape index (κ2) is 9.05. The fraction of sp³-hybridized carbons (Fsp3) is 0.278. The quantitative estimate of drug-likeness (QED) is 0.598. The van der Waals surface area contributed by atoms with E-state index in [1.807, 2.05) is 55.5 Å². The van der Waals surface area contributed by atoms with Crippen LogP contribution in [0.3, 0.4) is 0 Å². The molecule has 22 heavy (non-hydrogen) atoms. The number of thiocarbonyl (C=S) groups is 1. The van der Waals surface area contributed by atoms with Gasteiger partial charge in [0.25, 0.3) is 0 Å². The van der Waals surface area contributed by atoms with Crippen LogP contribution in [0.1, 0.15) is 18.9 Å². The van der Waals surface area contributed by atoms with Crippen LogP contribution < -0.4 is 15.4 Å². The van der Waals surface area contributed by atoms with Gasteiger partial charge in [0.2, 0.25) is 0 Å². The highest BCUT2D eigenvalue weighted by Gasteiger charge is 2.02. The summed E-state index contributed by atoms with van der Waals surface area (Å²) in [5.41, 5.74) is 2.25. The van der Waals surface area contributed by atoms with Gasteiger partial charge >= 0.3 is 0 Å². The molecule has 0 heterocycles. The van der Waals surface area contributed by atoms with Crippen molar-refractivity contribution in [3.05, 3.63) is 60.2 Å². The fourth-order valence-corrected chi connectivity index (χ4v) is 2.40. The second-order valence-corrected chi connectivity index (χ2v) is 5.30. The molecule has 0 aliphatic rings. The van der Waals surface area contributed by atoms with Crippen LogP contribution in [0.15, 0.2) is 54.6 Å². The molecule has 0 aliphatic carbocycles. The Hall–Kier alpha value is -2.07. The first kappa shape index (κ1) is 16.3. The highest BCUT2D eigenvalue weighted by molar-refractivity contribution is 7.80. The number of aryl methyl sites for hydroxylation is 1. The van der Waals surface area contributed by atoms with Crippen molar-refractivity contribution in [2.75, 3.05) is 18.5 Å². The maximum atomic E-state index is 5.64. The molecule has 0 unspecified atom stereocenters. The van der Waals surface area contributed by atoms with Crippen LogP contribution in [-0.2, 0) is 6.42 Å². The molecule has 0 saturated carbocycles. The lowest BCUT2D eigenvalue weighted by atomic mass is 10.1. The lowest BCUT2D eigenvalue weighted by Gasteiger charge is -2.12. The molecule has 2 rings (SSSR count). The fourth-order valence-electron chi connectivity index (χ4n) is 2.18. The van der Waals surface area contributed by atoms with Crippen molar-refractivity contribution in [3.63, 3.8) is 0 Å². The Morgan fingerprint density at radius 3 is 2.55 bits per heavy atom. The summed E-state index contributed by atoms with van der Waals surface area (Å²) in [6.45, 7) is 3.53. The molecule has 0 bridgehead atoms. The van der Waals surface area contributed by atoms with Gasteiger partial charge in [-0.25, -0.2) is 0 Å². The molecule has 116 valence electrons. The molecule has 2 aromatic rings. The summed E-state index contributed by atoms with van der Waals surface area (Å²) in [5.74, 6) is 0.981. The van der Waals surface area contributed by atoms with Crippen molar-refractivity contribution in [2.45, 2.75) is 19.8 Å². The molecule has 0 saturated heterocycles. The molecule has 3 nitrogen and oxygen atoms in total. The van der Waals surface area contributed by atoms with Crippen molar-refractivity contribution in [2.24, 2.45) is 0 Å². The van der Waals surface area contributed by atoms with Crippen LogP contribution in [-0.4, -0.2) is 18.3 Å². The molecule has 2 N–H and O–H groups in total. The first-order valence-electron chi connectivity index (χ1n) is 7.60. The highest BCUT2D eigenvalue weighted by Crippen LogP contribution is 2.19. The third kappa shape index (κ3) is 5.37. The first-order valence-corrected chi connectivity index (χ1v) is 8.01. The summed E-state index contributed by atoms with van der Waals surface area (Å²) >= 11 is 5.29. The number of benzene rings is 2. The zero-order chi connectivity index (χ0) is 15.6. The SMILES string of the molecule is CCOc1ccccc1CCCNC(=S)Nc1ccccc1. The standard InChI is InChI=1S/C18H22N2OS/c1-2-21-17-13-7-6-9-15(17)10-8-14-19-18(22)20-16-11-4-3-5-12-16/h3-7,9,11-13H,2,8,10,14H2,1H3,(H2,19,20,22). The van der Waals surface area contributed by atoms with Gasteiger partial charge in [-0.2, -0.15) is 0 Å². The topological polar surface area (TPSA) is 33.3 Å². The van der Waals surface area contributed by atoms with Crippen molar-refractivity contribution in [1.29, 1.82) is 0 Å². The third-order valence-corrected chi connectivity index (χ3v) is 3.46. The Morgan fingerprint density at radius 1 is 1.05 bits per heavy atom. The van der Waals surface area contributed by atoms with Crippen molar-refractivity contribution in [3.8, 4) is 5.75 Å². The smallest absolute Gasteiger partial charge is 0.170 e. The normalized spacial score (nSPS) is 10.0. The van der Waals surface area contributed by atoms with Gasteiger partial charge in [0.05, 0.1) is 6.61 Å². The average molecular weight is 314 g/mol. The Morgan fingerprint density at radius 2 is 1.77 bits per heavy atom. The summed E-state index contributed by atoms with van der Waals surface area (Å²) in [4.78, 5) is 0. The molecule has 4 heteroatoms. The maximum Gasteiger partial charge on any atom is 0.170 e. The number of hydrogen-bond acceptors (Lipinski definition) is 2. The maximum absolute atomic E-state index is 5.64. The van der Waals surface area contributed by atoms with E-state index in [0.29, 0.717) is 11.7 Å². The van der Waals surface area contributed by atoms with Crippen molar-refractivity contribution < 1.29 is 4.74 Å². The Labute approximate surface area is 137 Å². The van der Waals surface area contributed by atoms with E-state index >= 15 is 0 Å². The molecule has 0 spiro atoms. The van der Waals surface area contributed by atoms with Gasteiger partial charge in [0.15, 0.2) is 5.11 Å².